The summed E-state index contributed by atoms with van der Waals surface area (Å²) in [6, 6.07) is 10.8. The number of pyridine rings is 1. The molecule has 0 fully saturated rings. The van der Waals surface area contributed by atoms with Crippen molar-refractivity contribution in [2.75, 3.05) is 5.73 Å². The van der Waals surface area contributed by atoms with E-state index in [2.05, 4.69) is 57.1 Å². The molecule has 0 radical (unpaired) electrons. The van der Waals surface area contributed by atoms with Crippen LogP contribution in [0.1, 0.15) is 40.8 Å². The molecule has 1 atom stereocenters. The number of nitrogens with two attached hydrogens (primary N) is 1. The van der Waals surface area contributed by atoms with E-state index in [0.29, 0.717) is 32.7 Å². The lowest BCUT2D eigenvalue weighted by atomic mass is 10.0. The molecule has 5 rings (SSSR count). The summed E-state index contributed by atoms with van der Waals surface area (Å²) < 4.78 is 3.20. The monoisotopic (exact) mass is 556 g/mol. The molecule has 11 heteroatoms. The molecule has 2 N–H and O–H groups in total. The van der Waals surface area contributed by atoms with Crippen LogP contribution in [-0.2, 0) is 13.1 Å². The molecular formula is C21H18Br2N8O. The predicted molar refractivity (Wildman–Crippen MR) is 125 cm³/mol. The van der Waals surface area contributed by atoms with Gasteiger partial charge in [0, 0.05) is 17.5 Å². The lowest BCUT2D eigenvalue weighted by molar-refractivity contribution is 0.0607. The van der Waals surface area contributed by atoms with Crippen molar-refractivity contribution in [2.24, 2.45) is 0 Å². The molecule has 162 valence electrons. The Morgan fingerprint density at radius 1 is 1.19 bits per heavy atom. The number of hydrogen-bond donors (Lipinski definition) is 1. The van der Waals surface area contributed by atoms with Crippen LogP contribution in [0, 0.1) is 0 Å². The summed E-state index contributed by atoms with van der Waals surface area (Å²) >= 11 is 6.72. The Hall–Kier alpha value is -2.92. The summed E-state index contributed by atoms with van der Waals surface area (Å²) in [5.74, 6) is 1.08. The molecule has 1 aromatic carbocycles. The van der Waals surface area contributed by atoms with E-state index >= 15 is 0 Å². The number of carbonyl (C=O) groups is 1. The third-order valence-electron chi connectivity index (χ3n) is 5.49. The van der Waals surface area contributed by atoms with Crippen LogP contribution in [0.25, 0.3) is 10.9 Å². The normalized spacial score (nSPS) is 15.5. The maximum Gasteiger partial charge on any atom is 0.254 e. The zero-order valence-electron chi connectivity index (χ0n) is 16.8. The predicted octanol–water partition coefficient (Wildman–Crippen LogP) is 3.90. The molecule has 4 heterocycles. The van der Waals surface area contributed by atoms with E-state index in [1.165, 1.54) is 0 Å². The van der Waals surface area contributed by atoms with Gasteiger partial charge in [0.25, 0.3) is 5.91 Å². The first-order chi connectivity index (χ1) is 15.5. The van der Waals surface area contributed by atoms with Gasteiger partial charge in [0.1, 0.15) is 22.6 Å². The highest BCUT2D eigenvalue weighted by molar-refractivity contribution is 9.10. The third kappa shape index (κ3) is 3.97. The molecule has 0 bridgehead atoms. The van der Waals surface area contributed by atoms with Crippen molar-refractivity contribution in [1.82, 2.24) is 34.8 Å². The molecule has 4 aromatic rings. The zero-order valence-corrected chi connectivity index (χ0v) is 20.0. The summed E-state index contributed by atoms with van der Waals surface area (Å²) in [7, 11) is 0. The van der Waals surface area contributed by atoms with Gasteiger partial charge in [-0.1, -0.05) is 0 Å². The van der Waals surface area contributed by atoms with Crippen molar-refractivity contribution in [3.05, 3.63) is 68.9 Å². The Kier molecular flexibility index (Phi) is 5.60. The number of fused-ring (bicyclic) bond motifs is 2. The van der Waals surface area contributed by atoms with Crippen LogP contribution in [-0.4, -0.2) is 40.8 Å². The number of aromatic nitrogens is 6. The molecule has 3 aromatic heterocycles. The van der Waals surface area contributed by atoms with Gasteiger partial charge >= 0.3 is 0 Å². The maximum absolute atomic E-state index is 13.8. The molecule has 1 aliphatic heterocycles. The first-order valence-corrected chi connectivity index (χ1v) is 11.6. The van der Waals surface area contributed by atoms with Crippen LogP contribution in [0.2, 0.25) is 0 Å². The Labute approximate surface area is 200 Å². The second-order valence-corrected chi connectivity index (χ2v) is 9.21. The molecular weight excluding hydrogens is 540 g/mol. The number of hydrogen-bond acceptors (Lipinski definition) is 7. The SMILES string of the molecule is Nc1nc2ccc(C(=O)N(Cc3ccc(Br)nn3)[C@@H]3CCCn4ncnc43)cc2cc1Br. The number of halogens is 2. The van der Waals surface area contributed by atoms with E-state index in [4.69, 9.17) is 5.73 Å². The van der Waals surface area contributed by atoms with Gasteiger partial charge in [-0.15, -0.1) is 5.10 Å². The number of anilines is 1. The minimum Gasteiger partial charge on any atom is -0.383 e. The Morgan fingerprint density at radius 3 is 2.88 bits per heavy atom. The lowest BCUT2D eigenvalue weighted by Gasteiger charge is -2.33. The van der Waals surface area contributed by atoms with Gasteiger partial charge < -0.3 is 10.6 Å². The van der Waals surface area contributed by atoms with E-state index in [1.54, 1.807) is 17.3 Å². The van der Waals surface area contributed by atoms with E-state index in [1.807, 2.05) is 35.0 Å². The zero-order chi connectivity index (χ0) is 22.2. The second-order valence-electron chi connectivity index (χ2n) is 7.54. The van der Waals surface area contributed by atoms with Crippen molar-refractivity contribution in [2.45, 2.75) is 32.0 Å². The highest BCUT2D eigenvalue weighted by atomic mass is 79.9. The number of nitrogen functional groups attached to an aromatic ring is 1. The van der Waals surface area contributed by atoms with Gasteiger partial charge in [-0.3, -0.25) is 4.79 Å². The van der Waals surface area contributed by atoms with Gasteiger partial charge in [0.05, 0.1) is 28.3 Å². The van der Waals surface area contributed by atoms with Gasteiger partial charge in [-0.25, -0.2) is 14.6 Å². The van der Waals surface area contributed by atoms with Crippen LogP contribution in [0.4, 0.5) is 5.82 Å². The molecule has 0 unspecified atom stereocenters. The molecule has 1 aliphatic rings. The summed E-state index contributed by atoms with van der Waals surface area (Å²) in [4.78, 5) is 24.4. The maximum atomic E-state index is 13.8. The number of aryl methyl sites for hydroxylation is 1. The fourth-order valence-electron chi connectivity index (χ4n) is 3.95. The van der Waals surface area contributed by atoms with Crippen LogP contribution >= 0.6 is 31.9 Å². The minimum absolute atomic E-state index is 0.119. The number of nitrogens with zero attached hydrogens (tertiary/aromatic N) is 7. The first kappa shape index (κ1) is 21.0. The lowest BCUT2D eigenvalue weighted by Crippen LogP contribution is -2.38. The largest absolute Gasteiger partial charge is 0.383 e. The van der Waals surface area contributed by atoms with Crippen molar-refractivity contribution in [3.63, 3.8) is 0 Å². The number of carbonyl (C=O) groups excluding carboxylic acids is 1. The first-order valence-electron chi connectivity index (χ1n) is 10.0. The van der Waals surface area contributed by atoms with Gasteiger partial charge in [-0.2, -0.15) is 10.2 Å². The Balaban J connectivity index is 1.55. The van der Waals surface area contributed by atoms with E-state index in [0.717, 1.165) is 36.1 Å². The summed E-state index contributed by atoms with van der Waals surface area (Å²) in [6.45, 7) is 1.10. The second kappa shape index (κ2) is 8.55. The van der Waals surface area contributed by atoms with Crippen molar-refractivity contribution < 1.29 is 4.79 Å². The molecule has 0 saturated carbocycles. The van der Waals surface area contributed by atoms with E-state index < -0.39 is 0 Å². The fourth-order valence-corrected chi connectivity index (χ4v) is 4.50. The molecule has 9 nitrogen and oxygen atoms in total. The quantitative estimate of drug-likeness (QED) is 0.404. The molecule has 32 heavy (non-hydrogen) atoms. The fraction of sp³-hybridized carbons (Fsp3) is 0.238. The van der Waals surface area contributed by atoms with Crippen LogP contribution < -0.4 is 5.73 Å². The van der Waals surface area contributed by atoms with Crippen molar-refractivity contribution in [3.8, 4) is 0 Å². The van der Waals surface area contributed by atoms with E-state index in [9.17, 15) is 4.79 Å². The average Bonchev–Trinajstić information content (AvgIpc) is 3.28. The molecule has 0 saturated heterocycles. The van der Waals surface area contributed by atoms with Gasteiger partial charge in [0.2, 0.25) is 0 Å². The topological polar surface area (TPSA) is 116 Å². The third-order valence-corrected chi connectivity index (χ3v) is 6.55. The van der Waals surface area contributed by atoms with Crippen molar-refractivity contribution in [1.29, 1.82) is 0 Å². The summed E-state index contributed by atoms with van der Waals surface area (Å²) in [6.07, 6.45) is 3.25. The molecule has 0 aliphatic carbocycles. The minimum atomic E-state index is -0.212. The highest BCUT2D eigenvalue weighted by Crippen LogP contribution is 2.32. The van der Waals surface area contributed by atoms with Crippen molar-refractivity contribution >= 4 is 54.5 Å². The molecule has 1 amide bonds. The number of amides is 1. The Bertz CT molecular complexity index is 1310. The van der Waals surface area contributed by atoms with Crippen LogP contribution in [0.3, 0.4) is 0 Å². The highest BCUT2D eigenvalue weighted by Gasteiger charge is 2.32. The molecule has 0 spiro atoms. The summed E-state index contributed by atoms with van der Waals surface area (Å²) in [5, 5.41) is 13.4. The Morgan fingerprint density at radius 2 is 2.06 bits per heavy atom. The van der Waals surface area contributed by atoms with Crippen LogP contribution in [0.15, 0.2) is 51.8 Å². The van der Waals surface area contributed by atoms with Gasteiger partial charge in [-0.05, 0) is 81.1 Å². The van der Waals surface area contributed by atoms with Crippen LogP contribution in [0.5, 0.6) is 0 Å². The number of benzene rings is 1. The van der Waals surface area contributed by atoms with E-state index in [-0.39, 0.29) is 11.9 Å². The average molecular weight is 558 g/mol. The standard InChI is InChI=1S/C21H18Br2N8O/c22-15-9-13-8-12(3-5-16(13)27-19(15)24)21(32)30(10-14-4-6-18(23)29-28-14)17-2-1-7-31-20(17)25-11-26-31/h3-6,8-9,11,17H,1-2,7,10H2,(H2,24,27)/t17-/m1/s1. The van der Waals surface area contributed by atoms with Gasteiger partial charge in [0.15, 0.2) is 0 Å². The number of rotatable bonds is 4. The summed E-state index contributed by atoms with van der Waals surface area (Å²) in [5.41, 5.74) is 7.87. The smallest absolute Gasteiger partial charge is 0.254 e.